The second-order valence-corrected chi connectivity index (χ2v) is 9.61. The Bertz CT molecular complexity index is 1410. The molecule has 34 heavy (non-hydrogen) atoms. The first-order valence-corrected chi connectivity index (χ1v) is 11.8. The minimum Gasteiger partial charge on any atom is -0.481 e. The first kappa shape index (κ1) is 23.9. The van der Waals surface area contributed by atoms with E-state index in [0.717, 1.165) is 10.0 Å². The quantitative estimate of drug-likeness (QED) is 0.298. The number of nitrogens with zero attached hydrogens (tertiary/aromatic N) is 1. The maximum absolute atomic E-state index is 13.6. The van der Waals surface area contributed by atoms with Crippen molar-refractivity contribution in [3.8, 4) is 11.3 Å². The van der Waals surface area contributed by atoms with Crippen LogP contribution >= 0.6 is 27.5 Å². The highest BCUT2D eigenvalue weighted by Gasteiger charge is 2.37. The Morgan fingerprint density at radius 1 is 1.06 bits per heavy atom. The van der Waals surface area contributed by atoms with E-state index < -0.39 is 11.4 Å². The fraction of sp³-hybridized carbons (Fsp3) is 0.148. The number of carbonyl (C=O) groups is 2. The number of carboxylic acids is 1. The van der Waals surface area contributed by atoms with Crippen molar-refractivity contribution in [3.63, 3.8) is 0 Å². The molecule has 0 aliphatic rings. The van der Waals surface area contributed by atoms with Gasteiger partial charge >= 0.3 is 5.97 Å². The normalized spacial score (nSPS) is 12.8. The lowest BCUT2D eigenvalue weighted by Crippen LogP contribution is -2.44. The van der Waals surface area contributed by atoms with E-state index in [1.807, 2.05) is 55.5 Å². The van der Waals surface area contributed by atoms with Gasteiger partial charge in [0, 0.05) is 27.0 Å². The summed E-state index contributed by atoms with van der Waals surface area (Å²) in [5.41, 5.74) is 2.46. The first-order valence-electron chi connectivity index (χ1n) is 10.6. The van der Waals surface area contributed by atoms with Gasteiger partial charge in [0.05, 0.1) is 16.8 Å². The number of fused-ring (bicyclic) bond motifs is 1. The summed E-state index contributed by atoms with van der Waals surface area (Å²) in [6, 6.07) is 22.0. The smallest absolute Gasteiger partial charge is 0.315 e. The number of rotatable bonds is 6. The van der Waals surface area contributed by atoms with Gasteiger partial charge in [-0.05, 0) is 49.2 Å². The summed E-state index contributed by atoms with van der Waals surface area (Å²) in [5, 5.41) is 13.9. The Hall–Kier alpha value is -3.22. The molecule has 0 radical (unpaired) electrons. The van der Waals surface area contributed by atoms with E-state index in [1.165, 1.54) is 0 Å². The Kier molecular flexibility index (Phi) is 6.73. The number of carboxylic acid groups (broad SMARTS) is 1. The number of aromatic nitrogens is 1. The molecule has 0 aliphatic heterocycles. The Balaban J connectivity index is 1.79. The van der Waals surface area contributed by atoms with E-state index in [4.69, 9.17) is 16.6 Å². The second-order valence-electron chi connectivity index (χ2n) is 8.29. The van der Waals surface area contributed by atoms with Crippen molar-refractivity contribution in [3.05, 3.63) is 99.0 Å². The van der Waals surface area contributed by atoms with E-state index in [2.05, 4.69) is 21.2 Å². The van der Waals surface area contributed by atoms with Gasteiger partial charge in [0.1, 0.15) is 5.41 Å². The third-order valence-corrected chi connectivity index (χ3v) is 6.83. The van der Waals surface area contributed by atoms with Crippen molar-refractivity contribution in [1.29, 1.82) is 0 Å². The number of aliphatic carboxylic acids is 1. The lowest BCUT2D eigenvalue weighted by atomic mass is 9.82. The first-order chi connectivity index (χ1) is 16.2. The molecule has 0 fully saturated rings. The number of hydrogen-bond donors (Lipinski definition) is 2. The molecule has 1 aromatic heterocycles. The zero-order valence-corrected chi connectivity index (χ0v) is 20.9. The van der Waals surface area contributed by atoms with Gasteiger partial charge in [0.15, 0.2) is 0 Å². The molecule has 0 spiro atoms. The highest BCUT2D eigenvalue weighted by Crippen LogP contribution is 2.33. The lowest BCUT2D eigenvalue weighted by Gasteiger charge is -2.27. The maximum atomic E-state index is 13.6. The average molecular weight is 538 g/mol. The monoisotopic (exact) mass is 536 g/mol. The largest absolute Gasteiger partial charge is 0.481 e. The van der Waals surface area contributed by atoms with Crippen molar-refractivity contribution in [1.82, 2.24) is 10.3 Å². The third kappa shape index (κ3) is 4.43. The van der Waals surface area contributed by atoms with E-state index in [9.17, 15) is 14.7 Å². The predicted octanol–water partition coefficient (Wildman–Crippen LogP) is 6.40. The van der Waals surface area contributed by atoms with Crippen LogP contribution in [0.5, 0.6) is 0 Å². The summed E-state index contributed by atoms with van der Waals surface area (Å²) in [4.78, 5) is 30.7. The topological polar surface area (TPSA) is 79.3 Å². The van der Waals surface area contributed by atoms with E-state index in [1.54, 1.807) is 31.2 Å². The van der Waals surface area contributed by atoms with Crippen molar-refractivity contribution in [2.45, 2.75) is 19.3 Å². The molecular weight excluding hydrogens is 516 g/mol. The van der Waals surface area contributed by atoms with Gasteiger partial charge in [-0.15, -0.1) is 0 Å². The SMILES string of the molecule is Cc1c(-c2ccccc2)nc2ccc(Br)cc2c1C(=O)NC[C@](C)(C(=O)O)c1ccccc1Cl. The predicted molar refractivity (Wildman–Crippen MR) is 138 cm³/mol. The van der Waals surface area contributed by atoms with Gasteiger partial charge in [-0.3, -0.25) is 9.59 Å². The lowest BCUT2D eigenvalue weighted by molar-refractivity contribution is -0.142. The van der Waals surface area contributed by atoms with Gasteiger partial charge in [0.25, 0.3) is 5.91 Å². The van der Waals surface area contributed by atoms with E-state index in [-0.39, 0.29) is 12.5 Å². The molecule has 1 amide bonds. The van der Waals surface area contributed by atoms with Gasteiger partial charge in [-0.1, -0.05) is 76.1 Å². The Morgan fingerprint density at radius 2 is 1.74 bits per heavy atom. The highest BCUT2D eigenvalue weighted by atomic mass is 79.9. The van der Waals surface area contributed by atoms with Crippen LogP contribution in [0.15, 0.2) is 77.3 Å². The fourth-order valence-corrected chi connectivity index (χ4v) is 4.75. The molecule has 5 nitrogen and oxygen atoms in total. The number of pyridine rings is 1. The van der Waals surface area contributed by atoms with Crippen molar-refractivity contribution in [2.75, 3.05) is 6.54 Å². The molecule has 0 saturated heterocycles. The molecule has 3 aromatic carbocycles. The summed E-state index contributed by atoms with van der Waals surface area (Å²) in [5.74, 6) is -1.45. The van der Waals surface area contributed by atoms with Crippen LogP contribution in [0.4, 0.5) is 0 Å². The number of nitrogens with one attached hydrogen (secondary N) is 1. The van der Waals surface area contributed by atoms with Crippen LogP contribution in [0.2, 0.25) is 5.02 Å². The fourth-order valence-electron chi connectivity index (χ4n) is 4.04. The minimum atomic E-state index is -1.41. The van der Waals surface area contributed by atoms with Crippen LogP contribution in [0.1, 0.15) is 28.4 Å². The van der Waals surface area contributed by atoms with Crippen LogP contribution in [0.3, 0.4) is 0 Å². The van der Waals surface area contributed by atoms with Gasteiger partial charge in [-0.25, -0.2) is 4.98 Å². The van der Waals surface area contributed by atoms with Crippen LogP contribution in [0, 0.1) is 6.92 Å². The molecule has 1 heterocycles. The molecule has 1 atom stereocenters. The molecule has 4 rings (SSSR count). The van der Waals surface area contributed by atoms with Crippen LogP contribution in [0.25, 0.3) is 22.2 Å². The summed E-state index contributed by atoms with van der Waals surface area (Å²) in [7, 11) is 0. The summed E-state index contributed by atoms with van der Waals surface area (Å²) in [6.45, 7) is 3.28. The van der Waals surface area contributed by atoms with Crippen LogP contribution in [-0.2, 0) is 10.2 Å². The Labute approximate surface area is 210 Å². The van der Waals surface area contributed by atoms with Gasteiger partial charge < -0.3 is 10.4 Å². The number of benzene rings is 3. The summed E-state index contributed by atoms with van der Waals surface area (Å²) >= 11 is 9.79. The molecule has 0 saturated carbocycles. The number of hydrogen-bond acceptors (Lipinski definition) is 3. The summed E-state index contributed by atoms with van der Waals surface area (Å²) in [6.07, 6.45) is 0. The number of halogens is 2. The molecule has 0 unspecified atom stereocenters. The standard InChI is InChI=1S/C27H22BrClN2O3/c1-16-23(25(32)30-15-27(2,26(33)34)20-10-6-7-11-21(20)29)19-14-18(28)12-13-22(19)31-24(16)17-8-4-3-5-9-17/h3-14H,15H2,1-2H3,(H,30,32)(H,33,34)/t27-/m0/s1. The number of amides is 1. The van der Waals surface area contributed by atoms with Crippen LogP contribution < -0.4 is 5.32 Å². The van der Waals surface area contributed by atoms with Crippen molar-refractivity contribution in [2.24, 2.45) is 0 Å². The molecule has 172 valence electrons. The van der Waals surface area contributed by atoms with Crippen molar-refractivity contribution < 1.29 is 14.7 Å². The second kappa shape index (κ2) is 9.57. The van der Waals surface area contributed by atoms with E-state index >= 15 is 0 Å². The molecule has 7 heteroatoms. The van der Waals surface area contributed by atoms with Crippen molar-refractivity contribution >= 4 is 50.3 Å². The maximum Gasteiger partial charge on any atom is 0.315 e. The molecule has 2 N–H and O–H groups in total. The summed E-state index contributed by atoms with van der Waals surface area (Å²) < 4.78 is 0.814. The molecule has 4 aromatic rings. The van der Waals surface area contributed by atoms with Crippen LogP contribution in [-0.4, -0.2) is 28.5 Å². The van der Waals surface area contributed by atoms with Gasteiger partial charge in [0.2, 0.25) is 0 Å². The molecular formula is C27H22BrClN2O3. The zero-order valence-electron chi connectivity index (χ0n) is 18.6. The third-order valence-electron chi connectivity index (χ3n) is 6.01. The minimum absolute atomic E-state index is 0.136. The zero-order chi connectivity index (χ0) is 24.5. The number of carbonyl (C=O) groups excluding carboxylic acids is 1. The molecule has 0 aliphatic carbocycles. The highest BCUT2D eigenvalue weighted by molar-refractivity contribution is 9.10. The average Bonchev–Trinajstić information content (AvgIpc) is 2.82. The van der Waals surface area contributed by atoms with E-state index in [0.29, 0.717) is 38.3 Å². The van der Waals surface area contributed by atoms with Gasteiger partial charge in [-0.2, -0.15) is 0 Å². The molecule has 0 bridgehead atoms. The Morgan fingerprint density at radius 3 is 2.41 bits per heavy atom.